The number of nitrogens with one attached hydrogen (secondary N) is 3. The summed E-state index contributed by atoms with van der Waals surface area (Å²) in [4.78, 5) is 26.5. The Balaban J connectivity index is 1.68. The van der Waals surface area contributed by atoms with Gasteiger partial charge in [-0.1, -0.05) is 30.3 Å². The number of benzene rings is 1. The van der Waals surface area contributed by atoms with E-state index >= 15 is 0 Å². The van der Waals surface area contributed by atoms with Crippen LogP contribution in [0.1, 0.15) is 12.0 Å². The summed E-state index contributed by atoms with van der Waals surface area (Å²) in [7, 11) is 0. The molecular weight excluding hydrogens is 292 g/mol. The van der Waals surface area contributed by atoms with Crippen LogP contribution in [0.4, 0.5) is 5.69 Å². The highest BCUT2D eigenvalue weighted by atomic mass is 16.2. The minimum atomic E-state index is -0.328. The molecule has 0 fully saturated rings. The Morgan fingerprint density at radius 3 is 2.70 bits per heavy atom. The second-order valence-electron chi connectivity index (χ2n) is 5.15. The first-order valence-electron chi connectivity index (χ1n) is 7.28. The number of pyridine rings is 1. The zero-order valence-corrected chi connectivity index (χ0v) is 12.4. The Morgan fingerprint density at radius 1 is 1.13 bits per heavy atom. The topological polar surface area (TPSA) is 90.6 Å². The van der Waals surface area contributed by atoms with E-state index in [1.165, 1.54) is 0 Å². The van der Waals surface area contributed by atoms with Crippen molar-refractivity contribution >= 4 is 11.6 Å². The number of rotatable bonds is 5. The van der Waals surface area contributed by atoms with Crippen LogP contribution < -0.4 is 10.9 Å². The largest absolute Gasteiger partial charge is 0.327 e. The summed E-state index contributed by atoms with van der Waals surface area (Å²) in [5.74, 6) is -0.191. The standard InChI is InChI=1S/C17H16N4O2/c22-16(7-6-12-4-2-1-3-5-12)21-15-8-13(9-18-17(15)23)14-10-19-20-11-14/h1-5,8-11H,6-7H2,(H,18,23)(H,19,20)(H,21,22). The number of aryl methyl sites for hydroxylation is 1. The highest BCUT2D eigenvalue weighted by molar-refractivity contribution is 5.91. The van der Waals surface area contributed by atoms with Crippen molar-refractivity contribution in [1.82, 2.24) is 15.2 Å². The van der Waals surface area contributed by atoms with Crippen molar-refractivity contribution in [3.8, 4) is 11.1 Å². The van der Waals surface area contributed by atoms with Gasteiger partial charge >= 0.3 is 0 Å². The molecule has 0 aliphatic carbocycles. The molecule has 0 aliphatic rings. The van der Waals surface area contributed by atoms with E-state index in [2.05, 4.69) is 20.5 Å². The number of hydrogen-bond acceptors (Lipinski definition) is 3. The van der Waals surface area contributed by atoms with E-state index < -0.39 is 0 Å². The molecule has 0 saturated carbocycles. The fourth-order valence-electron chi connectivity index (χ4n) is 2.27. The second-order valence-corrected chi connectivity index (χ2v) is 5.15. The third-order valence-corrected chi connectivity index (χ3v) is 3.49. The molecule has 1 amide bonds. The van der Waals surface area contributed by atoms with Gasteiger partial charge in [0.15, 0.2) is 0 Å². The number of carbonyl (C=O) groups excluding carboxylic acids is 1. The van der Waals surface area contributed by atoms with Crippen molar-refractivity contribution in [3.63, 3.8) is 0 Å². The Kier molecular flexibility index (Phi) is 4.33. The Hall–Kier alpha value is -3.15. The molecule has 23 heavy (non-hydrogen) atoms. The maximum Gasteiger partial charge on any atom is 0.271 e. The van der Waals surface area contributed by atoms with Gasteiger partial charge in [0.05, 0.1) is 6.20 Å². The molecule has 2 heterocycles. The van der Waals surface area contributed by atoms with Crippen molar-refractivity contribution < 1.29 is 4.79 Å². The van der Waals surface area contributed by atoms with E-state index in [0.717, 1.165) is 16.7 Å². The van der Waals surface area contributed by atoms with Crippen molar-refractivity contribution in [2.45, 2.75) is 12.8 Å². The SMILES string of the molecule is O=C(CCc1ccccc1)Nc1cc(-c2cn[nH]c2)c[nH]c1=O. The molecule has 0 spiro atoms. The molecule has 6 heteroatoms. The van der Waals surface area contributed by atoms with Gasteiger partial charge in [0.1, 0.15) is 5.69 Å². The van der Waals surface area contributed by atoms with Gasteiger partial charge in [-0.2, -0.15) is 5.10 Å². The van der Waals surface area contributed by atoms with E-state index in [0.29, 0.717) is 12.8 Å². The smallest absolute Gasteiger partial charge is 0.271 e. The number of carbonyl (C=O) groups is 1. The van der Waals surface area contributed by atoms with Crippen LogP contribution in [0.15, 0.2) is 59.8 Å². The van der Waals surface area contributed by atoms with Crippen LogP contribution in [0.3, 0.4) is 0 Å². The summed E-state index contributed by atoms with van der Waals surface area (Å²) >= 11 is 0. The minimum Gasteiger partial charge on any atom is -0.327 e. The summed E-state index contributed by atoms with van der Waals surface area (Å²) in [5, 5.41) is 9.25. The average molecular weight is 308 g/mol. The van der Waals surface area contributed by atoms with Gasteiger partial charge in [-0.15, -0.1) is 0 Å². The number of hydrogen-bond donors (Lipinski definition) is 3. The summed E-state index contributed by atoms with van der Waals surface area (Å²) in [6, 6.07) is 11.4. The molecule has 0 atom stereocenters. The molecule has 116 valence electrons. The average Bonchev–Trinajstić information content (AvgIpc) is 3.10. The van der Waals surface area contributed by atoms with Gasteiger partial charge in [0.25, 0.3) is 5.56 Å². The van der Waals surface area contributed by atoms with Gasteiger partial charge in [0.2, 0.25) is 5.91 Å². The molecular formula is C17H16N4O2. The number of anilines is 1. The van der Waals surface area contributed by atoms with E-state index in [4.69, 9.17) is 0 Å². The second kappa shape index (κ2) is 6.74. The van der Waals surface area contributed by atoms with Crippen LogP contribution in [0.2, 0.25) is 0 Å². The quantitative estimate of drug-likeness (QED) is 0.675. The van der Waals surface area contributed by atoms with E-state index in [1.807, 2.05) is 30.3 Å². The maximum atomic E-state index is 12.1. The van der Waals surface area contributed by atoms with Crippen LogP contribution in [0, 0.1) is 0 Å². The lowest BCUT2D eigenvalue weighted by Crippen LogP contribution is -2.19. The fourth-order valence-corrected chi connectivity index (χ4v) is 2.27. The van der Waals surface area contributed by atoms with Crippen molar-refractivity contribution in [2.75, 3.05) is 5.32 Å². The summed E-state index contributed by atoms with van der Waals surface area (Å²) in [5.41, 5.74) is 2.61. The molecule has 0 unspecified atom stereocenters. The normalized spacial score (nSPS) is 10.4. The number of aromatic amines is 2. The van der Waals surface area contributed by atoms with Gasteiger partial charge in [-0.25, -0.2) is 0 Å². The number of nitrogens with zero attached hydrogens (tertiary/aromatic N) is 1. The first-order valence-corrected chi connectivity index (χ1v) is 7.28. The van der Waals surface area contributed by atoms with Crippen molar-refractivity contribution in [1.29, 1.82) is 0 Å². The van der Waals surface area contributed by atoms with E-state index in [9.17, 15) is 9.59 Å². The lowest BCUT2D eigenvalue weighted by atomic mass is 10.1. The first-order chi connectivity index (χ1) is 11.2. The molecule has 0 saturated heterocycles. The first kappa shape index (κ1) is 14.8. The van der Waals surface area contributed by atoms with Gasteiger partial charge in [-0.3, -0.25) is 14.7 Å². The zero-order valence-electron chi connectivity index (χ0n) is 12.4. The highest BCUT2D eigenvalue weighted by Gasteiger charge is 2.08. The van der Waals surface area contributed by atoms with Gasteiger partial charge in [0, 0.05) is 29.9 Å². The molecule has 6 nitrogen and oxygen atoms in total. The van der Waals surface area contributed by atoms with Crippen LogP contribution in [0.5, 0.6) is 0 Å². The van der Waals surface area contributed by atoms with Crippen LogP contribution in [-0.4, -0.2) is 21.1 Å². The molecule has 2 aromatic heterocycles. The Bertz CT molecular complexity index is 839. The third-order valence-electron chi connectivity index (χ3n) is 3.49. The predicted octanol–water partition coefficient (Wildman–Crippen LogP) is 2.34. The molecule has 0 bridgehead atoms. The summed E-state index contributed by atoms with van der Waals surface area (Å²) in [6.07, 6.45) is 5.90. The highest BCUT2D eigenvalue weighted by Crippen LogP contribution is 2.18. The molecule has 3 aromatic rings. The van der Waals surface area contributed by atoms with E-state index in [1.54, 1.807) is 24.7 Å². The number of aromatic nitrogens is 3. The molecule has 3 N–H and O–H groups in total. The van der Waals surface area contributed by atoms with Crippen LogP contribution in [0.25, 0.3) is 11.1 Å². The van der Waals surface area contributed by atoms with E-state index in [-0.39, 0.29) is 17.2 Å². The van der Waals surface area contributed by atoms with Crippen molar-refractivity contribution in [3.05, 3.63) is 70.9 Å². The monoisotopic (exact) mass is 308 g/mol. The lowest BCUT2D eigenvalue weighted by molar-refractivity contribution is -0.116. The minimum absolute atomic E-state index is 0.191. The summed E-state index contributed by atoms with van der Waals surface area (Å²) in [6.45, 7) is 0. The number of amides is 1. The zero-order chi connectivity index (χ0) is 16.1. The van der Waals surface area contributed by atoms with Crippen molar-refractivity contribution in [2.24, 2.45) is 0 Å². The molecule has 0 aliphatic heterocycles. The molecule has 0 radical (unpaired) electrons. The van der Waals surface area contributed by atoms with Crippen LogP contribution in [-0.2, 0) is 11.2 Å². The molecule has 1 aromatic carbocycles. The summed E-state index contributed by atoms with van der Waals surface area (Å²) < 4.78 is 0. The fraction of sp³-hybridized carbons (Fsp3) is 0.118. The number of H-pyrrole nitrogens is 2. The maximum absolute atomic E-state index is 12.1. The predicted molar refractivity (Wildman–Crippen MR) is 88.0 cm³/mol. The Morgan fingerprint density at radius 2 is 1.96 bits per heavy atom. The van der Waals surface area contributed by atoms with Crippen LogP contribution >= 0.6 is 0 Å². The van der Waals surface area contributed by atoms with Gasteiger partial charge < -0.3 is 10.3 Å². The van der Waals surface area contributed by atoms with Gasteiger partial charge in [-0.05, 0) is 18.1 Å². The lowest BCUT2D eigenvalue weighted by Gasteiger charge is -2.06. The third kappa shape index (κ3) is 3.74. The molecule has 3 rings (SSSR count). The Labute approximate surface area is 132 Å².